The standard InChI is InChI=1S/C21H24FN5O6S/c1-12-6-9-18(33-12)20-24-25-21(27(20)19(13(2)31-4)14(3)32-5)26-34(29,30)11-17(28)16-8-7-15(22)10-23-16/h6-10,17,28H,2,11H2,1,3-5H3,(H,25,26)/b19-14-/t17-/m0/s1. The number of aromatic nitrogens is 4. The maximum absolute atomic E-state index is 13.1. The van der Waals surface area contributed by atoms with Crippen LogP contribution < -0.4 is 4.72 Å². The van der Waals surface area contributed by atoms with E-state index < -0.39 is 27.7 Å². The molecule has 3 aromatic heterocycles. The Labute approximate surface area is 195 Å². The second kappa shape index (κ2) is 10.1. The van der Waals surface area contributed by atoms with E-state index in [1.807, 2.05) is 0 Å². The molecule has 182 valence electrons. The number of ether oxygens (including phenoxy) is 2. The number of hydrogen-bond acceptors (Lipinski definition) is 9. The molecule has 0 fully saturated rings. The van der Waals surface area contributed by atoms with E-state index >= 15 is 0 Å². The molecule has 11 nitrogen and oxygen atoms in total. The van der Waals surface area contributed by atoms with E-state index in [4.69, 9.17) is 13.9 Å². The number of allylic oxidation sites excluding steroid dienone is 2. The third kappa shape index (κ3) is 5.43. The van der Waals surface area contributed by atoms with Gasteiger partial charge in [0, 0.05) is 0 Å². The number of pyridine rings is 1. The predicted molar refractivity (Wildman–Crippen MR) is 121 cm³/mol. The van der Waals surface area contributed by atoms with Gasteiger partial charge in [-0.2, -0.15) is 0 Å². The Bertz CT molecular complexity index is 1310. The summed E-state index contributed by atoms with van der Waals surface area (Å²) >= 11 is 0. The Hall–Kier alpha value is -3.71. The van der Waals surface area contributed by atoms with Gasteiger partial charge in [-0.05, 0) is 38.1 Å². The van der Waals surface area contributed by atoms with E-state index in [1.165, 1.54) is 24.9 Å². The van der Waals surface area contributed by atoms with Gasteiger partial charge in [-0.1, -0.05) is 6.58 Å². The highest BCUT2D eigenvalue weighted by Gasteiger charge is 2.28. The van der Waals surface area contributed by atoms with Gasteiger partial charge in [0.05, 0.1) is 26.1 Å². The summed E-state index contributed by atoms with van der Waals surface area (Å²) in [4.78, 5) is 3.71. The number of nitrogens with zero attached hydrogens (tertiary/aromatic N) is 4. The second-order valence-corrected chi connectivity index (χ2v) is 8.90. The van der Waals surface area contributed by atoms with Gasteiger partial charge in [0.25, 0.3) is 0 Å². The van der Waals surface area contributed by atoms with Crippen LogP contribution in [0.2, 0.25) is 0 Å². The summed E-state index contributed by atoms with van der Waals surface area (Å²) in [5.41, 5.74) is 0.223. The van der Waals surface area contributed by atoms with Crippen molar-refractivity contribution < 1.29 is 31.8 Å². The fourth-order valence-electron chi connectivity index (χ4n) is 3.01. The number of aliphatic hydroxyl groups is 1. The van der Waals surface area contributed by atoms with Crippen molar-refractivity contribution in [2.45, 2.75) is 20.0 Å². The number of aryl methyl sites for hydroxylation is 1. The van der Waals surface area contributed by atoms with Crippen molar-refractivity contribution in [2.75, 3.05) is 24.7 Å². The summed E-state index contributed by atoms with van der Waals surface area (Å²) in [6, 6.07) is 5.62. The van der Waals surface area contributed by atoms with Crippen molar-refractivity contribution in [3.05, 3.63) is 65.8 Å². The molecule has 1 atom stereocenters. The average Bonchev–Trinajstić information content (AvgIpc) is 3.39. The van der Waals surface area contributed by atoms with Crippen molar-refractivity contribution in [1.82, 2.24) is 19.7 Å². The molecule has 0 aliphatic carbocycles. The molecule has 0 unspecified atom stereocenters. The zero-order chi connectivity index (χ0) is 25.0. The summed E-state index contributed by atoms with van der Waals surface area (Å²) in [5, 5.41) is 18.4. The molecule has 0 aliphatic rings. The quantitative estimate of drug-likeness (QED) is 0.322. The molecular weight excluding hydrogens is 469 g/mol. The summed E-state index contributed by atoms with van der Waals surface area (Å²) in [6.07, 6.45) is -0.639. The molecule has 0 saturated heterocycles. The molecule has 3 rings (SSSR count). The molecule has 0 radical (unpaired) electrons. The lowest BCUT2D eigenvalue weighted by molar-refractivity contribution is 0.196. The first-order valence-corrected chi connectivity index (χ1v) is 11.5. The van der Waals surface area contributed by atoms with E-state index in [0.717, 1.165) is 12.3 Å². The van der Waals surface area contributed by atoms with E-state index in [9.17, 15) is 17.9 Å². The van der Waals surface area contributed by atoms with Crippen LogP contribution in [-0.2, 0) is 19.5 Å². The van der Waals surface area contributed by atoms with Gasteiger partial charge in [0.1, 0.15) is 40.6 Å². The first kappa shape index (κ1) is 24.9. The predicted octanol–water partition coefficient (Wildman–Crippen LogP) is 2.85. The zero-order valence-electron chi connectivity index (χ0n) is 18.9. The average molecular weight is 494 g/mol. The molecule has 2 N–H and O–H groups in total. The van der Waals surface area contributed by atoms with Crippen LogP contribution >= 0.6 is 0 Å². The first-order chi connectivity index (χ1) is 16.1. The van der Waals surface area contributed by atoms with Crippen LogP contribution in [0, 0.1) is 12.7 Å². The molecule has 0 aromatic carbocycles. The number of aliphatic hydroxyl groups excluding tert-OH is 1. The van der Waals surface area contributed by atoms with Crippen LogP contribution in [0.15, 0.2) is 53.0 Å². The lowest BCUT2D eigenvalue weighted by Gasteiger charge is -2.18. The topological polar surface area (TPSA) is 142 Å². The summed E-state index contributed by atoms with van der Waals surface area (Å²) in [6.45, 7) is 7.21. The maximum atomic E-state index is 13.1. The van der Waals surface area contributed by atoms with Gasteiger partial charge in [-0.3, -0.25) is 14.3 Å². The van der Waals surface area contributed by atoms with Crippen molar-refractivity contribution in [3.8, 4) is 11.6 Å². The summed E-state index contributed by atoms with van der Waals surface area (Å²) in [5.74, 6) is -0.105. The van der Waals surface area contributed by atoms with E-state index in [-0.39, 0.29) is 28.9 Å². The highest BCUT2D eigenvalue weighted by atomic mass is 32.2. The molecule has 0 amide bonds. The van der Waals surface area contributed by atoms with E-state index in [1.54, 1.807) is 26.0 Å². The van der Waals surface area contributed by atoms with Crippen molar-refractivity contribution in [1.29, 1.82) is 0 Å². The number of nitrogens with one attached hydrogen (secondary N) is 1. The summed E-state index contributed by atoms with van der Waals surface area (Å²) < 4.78 is 58.7. The third-order valence-corrected chi connectivity index (χ3v) is 5.96. The molecular formula is C21H24FN5O6S. The highest BCUT2D eigenvalue weighted by Crippen LogP contribution is 2.32. The molecule has 0 spiro atoms. The normalized spacial score (nSPS) is 13.2. The van der Waals surface area contributed by atoms with Gasteiger partial charge in [-0.25, -0.2) is 12.8 Å². The maximum Gasteiger partial charge on any atom is 0.243 e. The number of halogens is 1. The van der Waals surface area contributed by atoms with Crippen molar-refractivity contribution in [2.24, 2.45) is 0 Å². The van der Waals surface area contributed by atoms with Crippen LogP contribution in [0.25, 0.3) is 17.3 Å². The van der Waals surface area contributed by atoms with Crippen LogP contribution in [0.1, 0.15) is 24.5 Å². The minimum absolute atomic E-state index is 0.0106. The van der Waals surface area contributed by atoms with E-state index in [2.05, 4.69) is 26.5 Å². The van der Waals surface area contributed by atoms with E-state index in [0.29, 0.717) is 17.3 Å². The van der Waals surface area contributed by atoms with Crippen LogP contribution in [-0.4, -0.2) is 53.2 Å². The lowest BCUT2D eigenvalue weighted by atomic mass is 10.2. The fraction of sp³-hybridized carbons (Fsp3) is 0.286. The SMILES string of the molecule is C=C(OC)/C(=C(\C)OC)n1c(NS(=O)(=O)C[C@H](O)c2ccc(F)cn2)nnc1-c1ccc(C)o1. The molecule has 3 heterocycles. The van der Waals surface area contributed by atoms with Crippen LogP contribution in [0.5, 0.6) is 0 Å². The van der Waals surface area contributed by atoms with Gasteiger partial charge < -0.3 is 19.0 Å². The summed E-state index contributed by atoms with van der Waals surface area (Å²) in [7, 11) is -1.38. The van der Waals surface area contributed by atoms with Gasteiger partial charge in [0.15, 0.2) is 5.76 Å². The molecule has 34 heavy (non-hydrogen) atoms. The molecule has 0 aliphatic heterocycles. The van der Waals surface area contributed by atoms with Gasteiger partial charge in [0.2, 0.25) is 21.8 Å². The number of anilines is 1. The number of hydrogen-bond donors (Lipinski definition) is 2. The zero-order valence-corrected chi connectivity index (χ0v) is 19.8. The molecule has 13 heteroatoms. The molecule has 3 aromatic rings. The Kier molecular flexibility index (Phi) is 7.37. The second-order valence-electron chi connectivity index (χ2n) is 7.13. The molecule has 0 bridgehead atoms. The Morgan fingerprint density at radius 1 is 1.26 bits per heavy atom. The largest absolute Gasteiger partial charge is 0.499 e. The van der Waals surface area contributed by atoms with Crippen molar-refractivity contribution >= 4 is 21.7 Å². The molecule has 0 saturated carbocycles. The van der Waals surface area contributed by atoms with Crippen LogP contribution in [0.3, 0.4) is 0 Å². The number of methoxy groups -OCH3 is 2. The smallest absolute Gasteiger partial charge is 0.243 e. The lowest BCUT2D eigenvalue weighted by Crippen LogP contribution is -2.24. The number of rotatable bonds is 10. The monoisotopic (exact) mass is 493 g/mol. The third-order valence-electron chi connectivity index (χ3n) is 4.71. The minimum Gasteiger partial charge on any atom is -0.499 e. The minimum atomic E-state index is -4.20. The Morgan fingerprint density at radius 2 is 2.00 bits per heavy atom. The van der Waals surface area contributed by atoms with Crippen LogP contribution in [0.4, 0.5) is 10.3 Å². The first-order valence-electron chi connectivity index (χ1n) is 9.87. The van der Waals surface area contributed by atoms with Gasteiger partial charge in [-0.15, -0.1) is 10.2 Å². The fourth-order valence-corrected chi connectivity index (χ4v) is 4.09. The number of sulfonamides is 1. The Balaban J connectivity index is 2.05. The van der Waals surface area contributed by atoms with Crippen molar-refractivity contribution in [3.63, 3.8) is 0 Å². The number of furan rings is 1. The Morgan fingerprint density at radius 3 is 2.56 bits per heavy atom. The van der Waals surface area contributed by atoms with Gasteiger partial charge >= 0.3 is 0 Å². The highest BCUT2D eigenvalue weighted by molar-refractivity contribution is 7.92.